The van der Waals surface area contributed by atoms with Crippen LogP contribution in [-0.2, 0) is 4.79 Å². The Morgan fingerprint density at radius 1 is 1.35 bits per heavy atom. The fourth-order valence-corrected chi connectivity index (χ4v) is 2.25. The summed E-state index contributed by atoms with van der Waals surface area (Å²) < 4.78 is 0. The molecule has 108 valence electrons. The summed E-state index contributed by atoms with van der Waals surface area (Å²) in [5.41, 5.74) is 7.38. The average Bonchev–Trinajstić information content (AvgIpc) is 2.45. The SMILES string of the molecule is Cc1cc(NCC(=O)N2CCNCC2)ccc1C(N)=O. The molecular formula is C14H20N4O2. The van der Waals surface area contributed by atoms with Crippen LogP contribution in [0.3, 0.4) is 0 Å². The summed E-state index contributed by atoms with van der Waals surface area (Å²) in [7, 11) is 0. The van der Waals surface area contributed by atoms with Crippen LogP contribution in [0.1, 0.15) is 15.9 Å². The summed E-state index contributed by atoms with van der Waals surface area (Å²) in [6.45, 7) is 5.27. The molecule has 0 radical (unpaired) electrons. The average molecular weight is 276 g/mol. The van der Waals surface area contributed by atoms with E-state index >= 15 is 0 Å². The standard InChI is InChI=1S/C14H20N4O2/c1-10-8-11(2-3-12(10)14(15)20)17-9-13(19)18-6-4-16-5-7-18/h2-3,8,16-17H,4-7,9H2,1H3,(H2,15,20). The van der Waals surface area contributed by atoms with E-state index in [-0.39, 0.29) is 12.5 Å². The lowest BCUT2D eigenvalue weighted by Crippen LogP contribution is -2.48. The molecular weight excluding hydrogens is 256 g/mol. The molecule has 20 heavy (non-hydrogen) atoms. The van der Waals surface area contributed by atoms with Gasteiger partial charge in [0.05, 0.1) is 6.54 Å². The normalized spacial score (nSPS) is 14.9. The molecule has 0 saturated carbocycles. The van der Waals surface area contributed by atoms with Gasteiger partial charge in [0.25, 0.3) is 0 Å². The third kappa shape index (κ3) is 3.48. The molecule has 1 aliphatic heterocycles. The second kappa shape index (κ2) is 6.38. The molecule has 1 fully saturated rings. The number of amides is 2. The van der Waals surface area contributed by atoms with Crippen molar-refractivity contribution in [2.24, 2.45) is 5.73 Å². The van der Waals surface area contributed by atoms with Crippen LogP contribution in [0.25, 0.3) is 0 Å². The van der Waals surface area contributed by atoms with E-state index in [0.29, 0.717) is 5.56 Å². The van der Waals surface area contributed by atoms with Gasteiger partial charge in [-0.05, 0) is 30.7 Å². The maximum Gasteiger partial charge on any atom is 0.248 e. The van der Waals surface area contributed by atoms with Gasteiger partial charge in [0.1, 0.15) is 0 Å². The maximum atomic E-state index is 12.0. The number of nitrogens with two attached hydrogens (primary N) is 1. The number of piperazine rings is 1. The Hall–Kier alpha value is -2.08. The Bertz CT molecular complexity index is 510. The van der Waals surface area contributed by atoms with Crippen LogP contribution in [0.4, 0.5) is 5.69 Å². The van der Waals surface area contributed by atoms with Gasteiger partial charge in [-0.25, -0.2) is 0 Å². The molecule has 0 unspecified atom stereocenters. The van der Waals surface area contributed by atoms with Gasteiger partial charge >= 0.3 is 0 Å². The number of anilines is 1. The Balaban J connectivity index is 1.92. The van der Waals surface area contributed by atoms with Crippen molar-refractivity contribution < 1.29 is 9.59 Å². The Morgan fingerprint density at radius 3 is 2.65 bits per heavy atom. The molecule has 0 atom stereocenters. The van der Waals surface area contributed by atoms with Crippen molar-refractivity contribution in [3.63, 3.8) is 0 Å². The molecule has 4 N–H and O–H groups in total. The van der Waals surface area contributed by atoms with E-state index in [1.54, 1.807) is 12.1 Å². The number of carbonyl (C=O) groups excluding carboxylic acids is 2. The van der Waals surface area contributed by atoms with Crippen LogP contribution < -0.4 is 16.4 Å². The summed E-state index contributed by atoms with van der Waals surface area (Å²) >= 11 is 0. The van der Waals surface area contributed by atoms with E-state index in [1.165, 1.54) is 0 Å². The summed E-state index contributed by atoms with van der Waals surface area (Å²) in [5.74, 6) is -0.353. The lowest BCUT2D eigenvalue weighted by Gasteiger charge is -2.27. The fourth-order valence-electron chi connectivity index (χ4n) is 2.25. The first-order valence-corrected chi connectivity index (χ1v) is 6.71. The number of primary amides is 1. The zero-order chi connectivity index (χ0) is 14.5. The third-order valence-corrected chi connectivity index (χ3v) is 3.41. The Morgan fingerprint density at radius 2 is 2.05 bits per heavy atom. The van der Waals surface area contributed by atoms with E-state index < -0.39 is 5.91 Å². The number of nitrogens with one attached hydrogen (secondary N) is 2. The van der Waals surface area contributed by atoms with Crippen molar-refractivity contribution in [1.82, 2.24) is 10.2 Å². The number of hydrogen-bond donors (Lipinski definition) is 3. The van der Waals surface area contributed by atoms with Crippen molar-refractivity contribution in [2.45, 2.75) is 6.92 Å². The summed E-state index contributed by atoms with van der Waals surface area (Å²) in [6.07, 6.45) is 0. The van der Waals surface area contributed by atoms with Crippen LogP contribution >= 0.6 is 0 Å². The molecule has 2 amide bonds. The fraction of sp³-hybridized carbons (Fsp3) is 0.429. The predicted octanol–water partition coefficient (Wildman–Crippen LogP) is -0.0624. The van der Waals surface area contributed by atoms with Crippen LogP contribution in [-0.4, -0.2) is 49.4 Å². The smallest absolute Gasteiger partial charge is 0.248 e. The highest BCUT2D eigenvalue weighted by molar-refractivity contribution is 5.94. The second-order valence-electron chi connectivity index (χ2n) is 4.88. The molecule has 1 saturated heterocycles. The molecule has 6 heteroatoms. The highest BCUT2D eigenvalue weighted by Gasteiger charge is 2.15. The molecule has 6 nitrogen and oxygen atoms in total. The first kappa shape index (κ1) is 14.3. The number of benzene rings is 1. The van der Waals surface area contributed by atoms with Gasteiger partial charge in [-0.2, -0.15) is 0 Å². The molecule has 1 heterocycles. The number of rotatable bonds is 4. The molecule has 1 aliphatic rings. The molecule has 1 aromatic carbocycles. The number of hydrogen-bond acceptors (Lipinski definition) is 4. The molecule has 0 spiro atoms. The third-order valence-electron chi connectivity index (χ3n) is 3.41. The van der Waals surface area contributed by atoms with Crippen molar-refractivity contribution in [1.29, 1.82) is 0 Å². The van der Waals surface area contributed by atoms with Crippen LogP contribution in [0, 0.1) is 6.92 Å². The van der Waals surface area contributed by atoms with E-state index in [0.717, 1.165) is 37.4 Å². The van der Waals surface area contributed by atoms with Crippen LogP contribution in [0.2, 0.25) is 0 Å². The van der Waals surface area contributed by atoms with Crippen molar-refractivity contribution in [3.8, 4) is 0 Å². The summed E-state index contributed by atoms with van der Waals surface area (Å²) in [5, 5.41) is 6.29. The van der Waals surface area contributed by atoms with Gasteiger partial charge in [0.2, 0.25) is 11.8 Å². The predicted molar refractivity (Wildman–Crippen MR) is 77.6 cm³/mol. The minimum absolute atomic E-state index is 0.0862. The summed E-state index contributed by atoms with van der Waals surface area (Å²) in [6, 6.07) is 5.26. The highest BCUT2D eigenvalue weighted by Crippen LogP contribution is 2.14. The Kier molecular flexibility index (Phi) is 4.57. The minimum Gasteiger partial charge on any atom is -0.376 e. The molecule has 1 aromatic rings. The van der Waals surface area contributed by atoms with Gasteiger partial charge in [0.15, 0.2) is 0 Å². The topological polar surface area (TPSA) is 87.5 Å². The van der Waals surface area contributed by atoms with E-state index in [9.17, 15) is 9.59 Å². The monoisotopic (exact) mass is 276 g/mol. The second-order valence-corrected chi connectivity index (χ2v) is 4.88. The van der Waals surface area contributed by atoms with Crippen molar-refractivity contribution in [2.75, 3.05) is 38.0 Å². The van der Waals surface area contributed by atoms with E-state index in [2.05, 4.69) is 10.6 Å². The lowest BCUT2D eigenvalue weighted by atomic mass is 10.1. The Labute approximate surface area is 118 Å². The van der Waals surface area contributed by atoms with E-state index in [4.69, 9.17) is 5.73 Å². The quantitative estimate of drug-likeness (QED) is 0.719. The molecule has 0 aliphatic carbocycles. The van der Waals surface area contributed by atoms with Crippen LogP contribution in [0.5, 0.6) is 0 Å². The molecule has 0 bridgehead atoms. The maximum absolute atomic E-state index is 12.0. The zero-order valence-electron chi connectivity index (χ0n) is 11.6. The number of nitrogens with zero attached hydrogens (tertiary/aromatic N) is 1. The van der Waals surface area contributed by atoms with Gasteiger partial charge in [0, 0.05) is 37.4 Å². The number of carbonyl (C=O) groups is 2. The van der Waals surface area contributed by atoms with Gasteiger partial charge in [-0.1, -0.05) is 0 Å². The molecule has 0 aromatic heterocycles. The minimum atomic E-state index is -0.439. The lowest BCUT2D eigenvalue weighted by molar-refractivity contribution is -0.129. The summed E-state index contributed by atoms with van der Waals surface area (Å²) in [4.78, 5) is 25.0. The number of aryl methyl sites for hydroxylation is 1. The largest absolute Gasteiger partial charge is 0.376 e. The van der Waals surface area contributed by atoms with Crippen LogP contribution in [0.15, 0.2) is 18.2 Å². The first-order valence-electron chi connectivity index (χ1n) is 6.71. The van der Waals surface area contributed by atoms with Gasteiger partial charge in [-0.15, -0.1) is 0 Å². The first-order chi connectivity index (χ1) is 9.58. The highest BCUT2D eigenvalue weighted by atomic mass is 16.2. The zero-order valence-corrected chi connectivity index (χ0v) is 11.6. The van der Waals surface area contributed by atoms with E-state index in [1.807, 2.05) is 17.9 Å². The van der Waals surface area contributed by atoms with Crippen molar-refractivity contribution >= 4 is 17.5 Å². The van der Waals surface area contributed by atoms with Gasteiger partial charge in [-0.3, -0.25) is 9.59 Å². The van der Waals surface area contributed by atoms with Crippen molar-refractivity contribution in [3.05, 3.63) is 29.3 Å². The van der Waals surface area contributed by atoms with Gasteiger partial charge < -0.3 is 21.3 Å². The molecule has 2 rings (SSSR count).